The van der Waals surface area contributed by atoms with E-state index in [1.807, 2.05) is 20.9 Å². The monoisotopic (exact) mass is 216 g/mol. The van der Waals surface area contributed by atoms with Crippen LogP contribution in [0.2, 0.25) is 0 Å². The average molecular weight is 216 g/mol. The van der Waals surface area contributed by atoms with Crippen molar-refractivity contribution >= 4 is 12.2 Å². The molecule has 0 bridgehead atoms. The first-order chi connectivity index (χ1) is 7.20. The van der Waals surface area contributed by atoms with Crippen molar-refractivity contribution in [2.75, 3.05) is 13.6 Å². The molecular formula is C11H24N2O2. The van der Waals surface area contributed by atoms with Crippen LogP contribution in [0.15, 0.2) is 0 Å². The summed E-state index contributed by atoms with van der Waals surface area (Å²) in [5.74, 6) is -0.147. The standard InChI is InChI=1S/C9H18N2O2.C2H6/c1-8(13)11-9(7-12)5-3-4-6-10-2;1-2/h7,9-10H,3-6H2,1-2H3,(H,11,13);1-2H3. The second-order valence-electron chi connectivity index (χ2n) is 3.04. The van der Waals surface area contributed by atoms with Crippen LogP contribution in [0.5, 0.6) is 0 Å². The molecule has 0 spiro atoms. The first-order valence-corrected chi connectivity index (χ1v) is 5.57. The molecule has 0 aliphatic rings. The number of hydrogen-bond acceptors (Lipinski definition) is 3. The lowest BCUT2D eigenvalue weighted by molar-refractivity contribution is -0.122. The van der Waals surface area contributed by atoms with E-state index in [9.17, 15) is 9.59 Å². The normalized spacial score (nSPS) is 10.9. The molecule has 0 aromatic heterocycles. The Morgan fingerprint density at radius 2 is 1.93 bits per heavy atom. The third-order valence-electron chi connectivity index (χ3n) is 1.74. The molecule has 0 rings (SSSR count). The molecule has 1 unspecified atom stereocenters. The summed E-state index contributed by atoms with van der Waals surface area (Å²) >= 11 is 0. The van der Waals surface area contributed by atoms with Crippen molar-refractivity contribution in [3.63, 3.8) is 0 Å². The van der Waals surface area contributed by atoms with E-state index in [1.54, 1.807) is 0 Å². The van der Waals surface area contributed by atoms with Gasteiger partial charge < -0.3 is 15.4 Å². The molecule has 0 aromatic carbocycles. The Bertz CT molecular complexity index is 161. The summed E-state index contributed by atoms with van der Waals surface area (Å²) < 4.78 is 0. The number of carbonyl (C=O) groups is 2. The van der Waals surface area contributed by atoms with Crippen LogP contribution >= 0.6 is 0 Å². The molecule has 0 heterocycles. The zero-order valence-corrected chi connectivity index (χ0v) is 10.3. The molecule has 0 fully saturated rings. The van der Waals surface area contributed by atoms with Crippen LogP contribution in [0.25, 0.3) is 0 Å². The average Bonchev–Trinajstić information content (AvgIpc) is 2.25. The predicted molar refractivity (Wildman–Crippen MR) is 62.8 cm³/mol. The molecule has 15 heavy (non-hydrogen) atoms. The molecule has 1 amide bonds. The lowest BCUT2D eigenvalue weighted by atomic mass is 10.1. The van der Waals surface area contributed by atoms with Crippen molar-refractivity contribution in [3.05, 3.63) is 0 Å². The van der Waals surface area contributed by atoms with E-state index in [2.05, 4.69) is 10.6 Å². The molecule has 0 saturated carbocycles. The number of nitrogens with one attached hydrogen (secondary N) is 2. The van der Waals surface area contributed by atoms with Gasteiger partial charge in [0.05, 0.1) is 6.04 Å². The van der Waals surface area contributed by atoms with Crippen LogP contribution in [0, 0.1) is 0 Å². The number of hydrogen-bond donors (Lipinski definition) is 2. The molecular weight excluding hydrogens is 192 g/mol. The third kappa shape index (κ3) is 13.1. The topological polar surface area (TPSA) is 58.2 Å². The summed E-state index contributed by atoms with van der Waals surface area (Å²) in [6, 6.07) is -0.311. The summed E-state index contributed by atoms with van der Waals surface area (Å²) in [6.45, 7) is 6.37. The highest BCUT2D eigenvalue weighted by molar-refractivity contribution is 5.77. The fraction of sp³-hybridized carbons (Fsp3) is 0.818. The van der Waals surface area contributed by atoms with Gasteiger partial charge in [0.15, 0.2) is 0 Å². The van der Waals surface area contributed by atoms with Crippen LogP contribution < -0.4 is 10.6 Å². The number of amides is 1. The fourth-order valence-corrected chi connectivity index (χ4v) is 1.10. The Balaban J connectivity index is 0. The van der Waals surface area contributed by atoms with E-state index in [4.69, 9.17) is 0 Å². The summed E-state index contributed by atoms with van der Waals surface area (Å²) in [5, 5.41) is 5.60. The second-order valence-corrected chi connectivity index (χ2v) is 3.04. The van der Waals surface area contributed by atoms with Gasteiger partial charge in [-0.15, -0.1) is 0 Å². The molecule has 1 atom stereocenters. The number of aldehydes is 1. The van der Waals surface area contributed by atoms with Crippen LogP contribution in [0.3, 0.4) is 0 Å². The van der Waals surface area contributed by atoms with Crippen molar-refractivity contribution in [2.24, 2.45) is 0 Å². The van der Waals surface area contributed by atoms with E-state index in [1.165, 1.54) is 6.92 Å². The lowest BCUT2D eigenvalue weighted by Gasteiger charge is -2.10. The maximum Gasteiger partial charge on any atom is 0.217 e. The minimum absolute atomic E-state index is 0.147. The highest BCUT2D eigenvalue weighted by Gasteiger charge is 2.06. The number of carbonyl (C=O) groups excluding carboxylic acids is 2. The maximum atomic E-state index is 10.6. The number of unbranched alkanes of at least 4 members (excludes halogenated alkanes) is 1. The van der Waals surface area contributed by atoms with Crippen molar-refractivity contribution in [3.8, 4) is 0 Å². The van der Waals surface area contributed by atoms with Crippen LogP contribution in [-0.2, 0) is 9.59 Å². The van der Waals surface area contributed by atoms with E-state index < -0.39 is 0 Å². The Hall–Kier alpha value is -0.900. The van der Waals surface area contributed by atoms with Gasteiger partial charge >= 0.3 is 0 Å². The minimum Gasteiger partial charge on any atom is -0.347 e. The number of rotatable bonds is 7. The quantitative estimate of drug-likeness (QED) is 0.495. The van der Waals surface area contributed by atoms with Gasteiger partial charge in [0, 0.05) is 6.92 Å². The fourth-order valence-electron chi connectivity index (χ4n) is 1.10. The van der Waals surface area contributed by atoms with Gasteiger partial charge in [-0.3, -0.25) is 4.79 Å². The van der Waals surface area contributed by atoms with Gasteiger partial charge in [-0.25, -0.2) is 0 Å². The zero-order valence-electron chi connectivity index (χ0n) is 10.3. The Labute approximate surface area is 92.8 Å². The van der Waals surface area contributed by atoms with Crippen molar-refractivity contribution in [1.82, 2.24) is 10.6 Å². The molecule has 4 nitrogen and oxygen atoms in total. The van der Waals surface area contributed by atoms with E-state index >= 15 is 0 Å². The SMILES string of the molecule is CC.CNCCCCC(C=O)NC(C)=O. The van der Waals surface area contributed by atoms with Gasteiger partial charge in [-0.2, -0.15) is 0 Å². The van der Waals surface area contributed by atoms with E-state index in [0.29, 0.717) is 0 Å². The third-order valence-corrected chi connectivity index (χ3v) is 1.74. The second kappa shape index (κ2) is 13.1. The molecule has 4 heteroatoms. The summed E-state index contributed by atoms with van der Waals surface area (Å²) in [5.41, 5.74) is 0. The highest BCUT2D eigenvalue weighted by atomic mass is 16.2. The van der Waals surface area contributed by atoms with Gasteiger partial charge in [0.1, 0.15) is 6.29 Å². The molecule has 0 saturated heterocycles. The Kier molecular flexibility index (Phi) is 14.4. The summed E-state index contributed by atoms with van der Waals surface area (Å²) in [6.07, 6.45) is 3.50. The Morgan fingerprint density at radius 1 is 1.33 bits per heavy atom. The van der Waals surface area contributed by atoms with Crippen LogP contribution in [0.1, 0.15) is 40.0 Å². The molecule has 0 aliphatic carbocycles. The molecule has 90 valence electrons. The van der Waals surface area contributed by atoms with Gasteiger partial charge in [0.2, 0.25) is 5.91 Å². The first kappa shape index (κ1) is 16.5. The molecule has 0 aromatic rings. The van der Waals surface area contributed by atoms with Crippen molar-refractivity contribution in [1.29, 1.82) is 0 Å². The van der Waals surface area contributed by atoms with E-state index in [0.717, 1.165) is 32.1 Å². The Morgan fingerprint density at radius 3 is 2.33 bits per heavy atom. The van der Waals surface area contributed by atoms with Gasteiger partial charge in [-0.05, 0) is 32.9 Å². The summed E-state index contributed by atoms with van der Waals surface area (Å²) in [7, 11) is 1.89. The smallest absolute Gasteiger partial charge is 0.217 e. The van der Waals surface area contributed by atoms with Gasteiger partial charge in [-0.1, -0.05) is 13.8 Å². The van der Waals surface area contributed by atoms with Crippen molar-refractivity contribution in [2.45, 2.75) is 46.1 Å². The molecule has 0 aliphatic heterocycles. The molecule has 2 N–H and O–H groups in total. The highest BCUT2D eigenvalue weighted by Crippen LogP contribution is 1.98. The minimum atomic E-state index is -0.311. The maximum absolute atomic E-state index is 10.6. The molecule has 0 radical (unpaired) electrons. The van der Waals surface area contributed by atoms with Crippen molar-refractivity contribution < 1.29 is 9.59 Å². The van der Waals surface area contributed by atoms with E-state index in [-0.39, 0.29) is 11.9 Å². The summed E-state index contributed by atoms with van der Waals surface area (Å²) in [4.78, 5) is 21.1. The van der Waals surface area contributed by atoms with Crippen LogP contribution in [0.4, 0.5) is 0 Å². The van der Waals surface area contributed by atoms with Gasteiger partial charge in [0.25, 0.3) is 0 Å². The first-order valence-electron chi connectivity index (χ1n) is 5.57. The predicted octanol–water partition coefficient (Wildman–Crippen LogP) is 1.11. The lowest BCUT2D eigenvalue weighted by Crippen LogP contribution is -2.34. The largest absolute Gasteiger partial charge is 0.347 e. The zero-order chi connectivity index (χ0) is 12.1. The van der Waals surface area contributed by atoms with Crippen LogP contribution in [-0.4, -0.2) is 31.8 Å².